The highest BCUT2D eigenvalue weighted by molar-refractivity contribution is 9.10. The summed E-state index contributed by atoms with van der Waals surface area (Å²) in [5.41, 5.74) is 2.19. The Hall–Kier alpha value is -0.610. The van der Waals surface area contributed by atoms with Crippen LogP contribution in [0.5, 0.6) is 5.75 Å². The molecule has 0 spiro atoms. The number of methoxy groups -OCH3 is 1. The van der Waals surface area contributed by atoms with Gasteiger partial charge in [-0.05, 0) is 29.9 Å². The fourth-order valence-electron chi connectivity index (χ4n) is 1.35. The number of ether oxygens (including phenoxy) is 1. The highest BCUT2D eigenvalue weighted by Gasteiger charge is 2.09. The molecule has 0 aliphatic heterocycles. The van der Waals surface area contributed by atoms with Gasteiger partial charge in [0, 0.05) is 30.4 Å². The van der Waals surface area contributed by atoms with E-state index in [4.69, 9.17) is 4.74 Å². The minimum absolute atomic E-state index is 0.881. The monoisotopic (exact) mass is 258 g/mol. The predicted molar refractivity (Wildman–Crippen MR) is 60.9 cm³/mol. The molecule has 1 heterocycles. The van der Waals surface area contributed by atoms with Crippen molar-refractivity contribution in [2.24, 2.45) is 0 Å². The van der Waals surface area contributed by atoms with Gasteiger partial charge in [0.1, 0.15) is 5.75 Å². The fourth-order valence-corrected chi connectivity index (χ4v) is 1.91. The van der Waals surface area contributed by atoms with Crippen LogP contribution < -0.4 is 10.1 Å². The van der Waals surface area contributed by atoms with Crippen molar-refractivity contribution in [3.63, 3.8) is 0 Å². The van der Waals surface area contributed by atoms with E-state index >= 15 is 0 Å². The summed E-state index contributed by atoms with van der Waals surface area (Å²) in [6.45, 7) is 2.96. The number of pyridine rings is 1. The van der Waals surface area contributed by atoms with E-state index in [0.717, 1.165) is 34.4 Å². The van der Waals surface area contributed by atoms with Crippen LogP contribution in [0, 0.1) is 6.92 Å². The molecule has 0 amide bonds. The second kappa shape index (κ2) is 5.32. The Bertz CT molecular complexity index is 315. The maximum Gasteiger partial charge on any atom is 0.139 e. The van der Waals surface area contributed by atoms with Crippen LogP contribution in [0.15, 0.2) is 10.7 Å². The molecular weight excluding hydrogens is 244 g/mol. The van der Waals surface area contributed by atoms with Crippen LogP contribution in [0.1, 0.15) is 11.3 Å². The lowest BCUT2D eigenvalue weighted by molar-refractivity contribution is 0.407. The first kappa shape index (κ1) is 11.5. The van der Waals surface area contributed by atoms with Gasteiger partial charge in [0.25, 0.3) is 0 Å². The van der Waals surface area contributed by atoms with Gasteiger partial charge in [0.15, 0.2) is 0 Å². The second-order valence-corrected chi connectivity index (χ2v) is 3.92. The van der Waals surface area contributed by atoms with Crippen LogP contribution in [-0.2, 0) is 6.42 Å². The molecule has 0 aromatic carbocycles. The van der Waals surface area contributed by atoms with Gasteiger partial charge < -0.3 is 10.1 Å². The Kier molecular flexibility index (Phi) is 4.35. The minimum atomic E-state index is 0.881. The number of likely N-dealkylation sites (N-methyl/N-ethyl adjacent to an activating group) is 1. The third kappa shape index (κ3) is 2.45. The molecule has 1 aromatic rings. The summed E-state index contributed by atoms with van der Waals surface area (Å²) in [6.07, 6.45) is 2.71. The van der Waals surface area contributed by atoms with Crippen molar-refractivity contribution in [1.29, 1.82) is 0 Å². The summed E-state index contributed by atoms with van der Waals surface area (Å²) in [5, 5.41) is 3.10. The summed E-state index contributed by atoms with van der Waals surface area (Å²) in [7, 11) is 3.61. The van der Waals surface area contributed by atoms with E-state index < -0.39 is 0 Å². The number of hydrogen-bond acceptors (Lipinski definition) is 3. The maximum absolute atomic E-state index is 5.29. The molecule has 0 saturated heterocycles. The van der Waals surface area contributed by atoms with Gasteiger partial charge >= 0.3 is 0 Å². The summed E-state index contributed by atoms with van der Waals surface area (Å²) in [4.78, 5) is 4.36. The molecule has 4 heteroatoms. The molecule has 0 aliphatic carbocycles. The first-order valence-electron chi connectivity index (χ1n) is 4.53. The molecule has 0 radical (unpaired) electrons. The summed E-state index contributed by atoms with van der Waals surface area (Å²) in [6, 6.07) is 0. The smallest absolute Gasteiger partial charge is 0.139 e. The summed E-state index contributed by atoms with van der Waals surface area (Å²) < 4.78 is 6.20. The van der Waals surface area contributed by atoms with Gasteiger partial charge in [-0.2, -0.15) is 0 Å². The molecule has 0 unspecified atom stereocenters. The van der Waals surface area contributed by atoms with Gasteiger partial charge in [-0.1, -0.05) is 0 Å². The quantitative estimate of drug-likeness (QED) is 0.897. The number of aromatic nitrogens is 1. The lowest BCUT2D eigenvalue weighted by Crippen LogP contribution is -2.12. The SMILES string of the molecule is CNCCc1ncc(Br)c(OC)c1C. The Morgan fingerprint density at radius 3 is 2.86 bits per heavy atom. The largest absolute Gasteiger partial charge is 0.495 e. The molecule has 0 fully saturated rings. The van der Waals surface area contributed by atoms with E-state index in [1.165, 1.54) is 0 Å². The summed E-state index contributed by atoms with van der Waals surface area (Å²) in [5.74, 6) is 0.881. The molecule has 0 saturated carbocycles. The van der Waals surface area contributed by atoms with E-state index in [-0.39, 0.29) is 0 Å². The average Bonchev–Trinajstić information content (AvgIpc) is 2.18. The second-order valence-electron chi connectivity index (χ2n) is 3.06. The highest BCUT2D eigenvalue weighted by atomic mass is 79.9. The minimum Gasteiger partial charge on any atom is -0.495 e. The van der Waals surface area contributed by atoms with Crippen LogP contribution in [0.25, 0.3) is 0 Å². The van der Waals surface area contributed by atoms with Crippen LogP contribution in [-0.4, -0.2) is 25.7 Å². The predicted octanol–water partition coefficient (Wildman–Crippen LogP) is 1.92. The van der Waals surface area contributed by atoms with Gasteiger partial charge in [-0.25, -0.2) is 0 Å². The number of rotatable bonds is 4. The maximum atomic E-state index is 5.29. The van der Waals surface area contributed by atoms with Crippen molar-refractivity contribution in [2.75, 3.05) is 20.7 Å². The Labute approximate surface area is 93.0 Å². The molecule has 78 valence electrons. The molecule has 1 aromatic heterocycles. The highest BCUT2D eigenvalue weighted by Crippen LogP contribution is 2.29. The normalized spacial score (nSPS) is 10.3. The fraction of sp³-hybridized carbons (Fsp3) is 0.500. The molecule has 0 aliphatic rings. The van der Waals surface area contributed by atoms with Crippen molar-refractivity contribution < 1.29 is 4.74 Å². The molecule has 3 nitrogen and oxygen atoms in total. The zero-order valence-corrected chi connectivity index (χ0v) is 10.3. The van der Waals surface area contributed by atoms with Gasteiger partial charge in [0.05, 0.1) is 11.6 Å². The standard InChI is InChI=1S/C10H15BrN2O/c1-7-9(4-5-12-2)13-6-8(11)10(7)14-3/h6,12H,4-5H2,1-3H3. The van der Waals surface area contributed by atoms with Gasteiger partial charge in [-0.15, -0.1) is 0 Å². The number of hydrogen-bond donors (Lipinski definition) is 1. The molecule has 1 N–H and O–H groups in total. The van der Waals surface area contributed by atoms with Crippen molar-refractivity contribution >= 4 is 15.9 Å². The third-order valence-electron chi connectivity index (χ3n) is 2.14. The van der Waals surface area contributed by atoms with Crippen LogP contribution in [0.3, 0.4) is 0 Å². The van der Waals surface area contributed by atoms with E-state index in [9.17, 15) is 0 Å². The van der Waals surface area contributed by atoms with Crippen LogP contribution in [0.4, 0.5) is 0 Å². The van der Waals surface area contributed by atoms with Crippen LogP contribution >= 0.6 is 15.9 Å². The van der Waals surface area contributed by atoms with E-state index in [1.807, 2.05) is 14.0 Å². The first-order valence-corrected chi connectivity index (χ1v) is 5.32. The number of nitrogens with zero attached hydrogens (tertiary/aromatic N) is 1. The van der Waals surface area contributed by atoms with Crippen molar-refractivity contribution in [2.45, 2.75) is 13.3 Å². The zero-order chi connectivity index (χ0) is 10.6. The number of nitrogens with one attached hydrogen (secondary N) is 1. The molecule has 1 rings (SSSR count). The zero-order valence-electron chi connectivity index (χ0n) is 8.72. The Balaban J connectivity index is 2.96. The Morgan fingerprint density at radius 1 is 1.57 bits per heavy atom. The Morgan fingerprint density at radius 2 is 2.29 bits per heavy atom. The van der Waals surface area contributed by atoms with Gasteiger partial charge in [-0.3, -0.25) is 4.98 Å². The topological polar surface area (TPSA) is 34.2 Å². The van der Waals surface area contributed by atoms with E-state index in [1.54, 1.807) is 13.3 Å². The van der Waals surface area contributed by atoms with Crippen molar-refractivity contribution in [3.8, 4) is 5.75 Å². The third-order valence-corrected chi connectivity index (χ3v) is 2.70. The van der Waals surface area contributed by atoms with E-state index in [2.05, 4.69) is 26.2 Å². The van der Waals surface area contributed by atoms with Crippen molar-refractivity contribution in [1.82, 2.24) is 10.3 Å². The lowest BCUT2D eigenvalue weighted by Gasteiger charge is -2.10. The van der Waals surface area contributed by atoms with Crippen molar-refractivity contribution in [3.05, 3.63) is 21.9 Å². The molecular formula is C10H15BrN2O. The molecule has 0 atom stereocenters. The van der Waals surface area contributed by atoms with Crippen LogP contribution in [0.2, 0.25) is 0 Å². The lowest BCUT2D eigenvalue weighted by atomic mass is 10.1. The molecule has 0 bridgehead atoms. The number of halogens is 1. The first-order chi connectivity index (χ1) is 6.70. The molecule has 14 heavy (non-hydrogen) atoms. The van der Waals surface area contributed by atoms with E-state index in [0.29, 0.717) is 0 Å². The average molecular weight is 259 g/mol. The summed E-state index contributed by atoms with van der Waals surface area (Å²) >= 11 is 3.41. The van der Waals surface area contributed by atoms with Gasteiger partial charge in [0.2, 0.25) is 0 Å².